The Balaban J connectivity index is 1.89. The monoisotopic (exact) mass is 486 g/mol. The molecule has 2 heterocycles. The highest BCUT2D eigenvalue weighted by atomic mass is 35.5. The summed E-state index contributed by atoms with van der Waals surface area (Å²) in [5.41, 5.74) is 10.1. The quantitative estimate of drug-likeness (QED) is 0.143. The van der Waals surface area contributed by atoms with Gasteiger partial charge in [-0.05, 0) is 84.7 Å². The van der Waals surface area contributed by atoms with E-state index in [1.807, 2.05) is 17.9 Å². The molecule has 34 heavy (non-hydrogen) atoms. The number of anilines is 1. The Bertz CT molecular complexity index is 1070. The fraction of sp³-hybridized carbons (Fsp3) is 0.519. The average Bonchev–Trinajstić information content (AvgIpc) is 3.07. The first-order valence-electron chi connectivity index (χ1n) is 12.0. The van der Waals surface area contributed by atoms with E-state index in [0.717, 1.165) is 56.2 Å². The maximum absolute atomic E-state index is 6.07. The van der Waals surface area contributed by atoms with Crippen molar-refractivity contribution in [1.82, 2.24) is 14.5 Å². The molecule has 0 aliphatic carbocycles. The largest absolute Gasteiger partial charge is 0.309 e. The molecule has 0 saturated heterocycles. The molecule has 0 fully saturated rings. The van der Waals surface area contributed by atoms with Crippen LogP contribution >= 0.6 is 11.6 Å². The molecular weight excluding hydrogens is 446 g/mol. The lowest BCUT2D eigenvalue weighted by molar-refractivity contribution is -0.647. The SMILES string of the molecule is CONc1nc(Cl)nc2c1n(C/C=C(\C)CC/C=C(\C)CC/C=C(\C)CCC=C(C)C)c[n+]2C. The van der Waals surface area contributed by atoms with Gasteiger partial charge in [0.25, 0.3) is 0 Å². The van der Waals surface area contributed by atoms with Gasteiger partial charge < -0.3 is 0 Å². The summed E-state index contributed by atoms with van der Waals surface area (Å²) in [6.45, 7) is 11.7. The summed E-state index contributed by atoms with van der Waals surface area (Å²) in [4.78, 5) is 13.7. The second-order valence-electron chi connectivity index (χ2n) is 9.25. The highest BCUT2D eigenvalue weighted by Gasteiger charge is 2.21. The maximum atomic E-state index is 6.07. The van der Waals surface area contributed by atoms with Gasteiger partial charge in [-0.25, -0.2) is 10.0 Å². The van der Waals surface area contributed by atoms with Gasteiger partial charge in [0.1, 0.15) is 0 Å². The van der Waals surface area contributed by atoms with Crippen molar-refractivity contribution in [2.45, 2.75) is 79.7 Å². The zero-order valence-electron chi connectivity index (χ0n) is 21.9. The third kappa shape index (κ3) is 9.07. The van der Waals surface area contributed by atoms with Crippen molar-refractivity contribution in [2.75, 3.05) is 12.6 Å². The van der Waals surface area contributed by atoms with E-state index in [0.29, 0.717) is 5.82 Å². The number of aryl methyl sites for hydroxylation is 1. The standard InChI is InChI=1S/C27H41ClN5O/c1-20(2)11-8-12-21(3)13-9-14-22(4)15-10-16-23(5)17-18-33-19-32(6)26-24(33)25(31-34-7)29-27(28)30-26/h11,13,15,17,19H,8-10,12,14,16,18H2,1-7H3,(H,29,30,31)/q+1/b21-13+,22-15+,23-17+. The molecule has 0 spiro atoms. The Morgan fingerprint density at radius 2 is 1.50 bits per heavy atom. The van der Waals surface area contributed by atoms with Gasteiger partial charge in [0.15, 0.2) is 6.33 Å². The summed E-state index contributed by atoms with van der Waals surface area (Å²) in [5, 5.41) is 0.184. The van der Waals surface area contributed by atoms with E-state index in [1.54, 1.807) is 7.11 Å². The Kier molecular flexibility index (Phi) is 11.5. The minimum absolute atomic E-state index is 0.184. The van der Waals surface area contributed by atoms with E-state index in [1.165, 1.54) is 22.3 Å². The molecule has 0 atom stereocenters. The predicted octanol–water partition coefficient (Wildman–Crippen LogP) is 7.03. The molecule has 0 bridgehead atoms. The second kappa shape index (κ2) is 14.1. The Hall–Kier alpha value is -2.44. The van der Waals surface area contributed by atoms with E-state index in [9.17, 15) is 0 Å². The second-order valence-corrected chi connectivity index (χ2v) is 9.59. The van der Waals surface area contributed by atoms with Crippen LogP contribution in [0.1, 0.15) is 73.1 Å². The molecule has 1 N–H and O–H groups in total. The lowest BCUT2D eigenvalue weighted by Gasteiger charge is -2.04. The molecule has 0 saturated carbocycles. The molecule has 6 nitrogen and oxygen atoms in total. The summed E-state index contributed by atoms with van der Waals surface area (Å²) in [6.07, 6.45) is 18.0. The van der Waals surface area contributed by atoms with Crippen LogP contribution in [0.4, 0.5) is 5.82 Å². The topological polar surface area (TPSA) is 55.9 Å². The minimum atomic E-state index is 0.184. The molecular formula is C27H41ClN5O+. The third-order valence-corrected chi connectivity index (χ3v) is 5.93. The van der Waals surface area contributed by atoms with Crippen LogP contribution in [0.5, 0.6) is 0 Å². The van der Waals surface area contributed by atoms with E-state index >= 15 is 0 Å². The van der Waals surface area contributed by atoms with E-state index in [4.69, 9.17) is 16.4 Å². The van der Waals surface area contributed by atoms with Gasteiger partial charge in [0.2, 0.25) is 11.3 Å². The lowest BCUT2D eigenvalue weighted by Crippen LogP contribution is -2.26. The van der Waals surface area contributed by atoms with Crippen molar-refractivity contribution >= 4 is 28.6 Å². The fourth-order valence-corrected chi connectivity index (χ4v) is 3.96. The van der Waals surface area contributed by atoms with Gasteiger partial charge in [0, 0.05) is 0 Å². The zero-order chi connectivity index (χ0) is 25.1. The van der Waals surface area contributed by atoms with Crippen molar-refractivity contribution < 1.29 is 9.40 Å². The van der Waals surface area contributed by atoms with Crippen LogP contribution in [-0.2, 0) is 18.4 Å². The van der Waals surface area contributed by atoms with Crippen LogP contribution in [0.25, 0.3) is 11.2 Å². The number of hydrogen-bond donors (Lipinski definition) is 1. The lowest BCUT2D eigenvalue weighted by atomic mass is 10.0. The average molecular weight is 487 g/mol. The van der Waals surface area contributed by atoms with Crippen molar-refractivity contribution in [3.63, 3.8) is 0 Å². The highest BCUT2D eigenvalue weighted by molar-refractivity contribution is 6.28. The number of imidazole rings is 1. The number of nitrogens with zero attached hydrogens (tertiary/aromatic N) is 4. The van der Waals surface area contributed by atoms with E-state index in [-0.39, 0.29) is 5.28 Å². The summed E-state index contributed by atoms with van der Waals surface area (Å²) >= 11 is 6.07. The number of rotatable bonds is 13. The van der Waals surface area contributed by atoms with Crippen molar-refractivity contribution in [1.29, 1.82) is 0 Å². The molecule has 0 unspecified atom stereocenters. The van der Waals surface area contributed by atoms with Gasteiger partial charge in [-0.3, -0.25) is 9.40 Å². The number of hydrogen-bond acceptors (Lipinski definition) is 4. The normalized spacial score (nSPS) is 13.0. The molecule has 0 aliphatic rings. The van der Waals surface area contributed by atoms with Gasteiger partial charge in [-0.2, -0.15) is 4.98 Å². The first-order chi connectivity index (χ1) is 16.2. The maximum Gasteiger partial charge on any atom is 0.309 e. The summed E-state index contributed by atoms with van der Waals surface area (Å²) in [7, 11) is 3.50. The van der Waals surface area contributed by atoms with Crippen molar-refractivity contribution in [2.24, 2.45) is 7.05 Å². The summed E-state index contributed by atoms with van der Waals surface area (Å²) < 4.78 is 4.04. The van der Waals surface area contributed by atoms with Crippen LogP contribution in [0, 0.1) is 0 Å². The molecule has 2 aromatic rings. The summed E-state index contributed by atoms with van der Waals surface area (Å²) in [6, 6.07) is 0. The molecule has 0 aliphatic heterocycles. The predicted molar refractivity (Wildman–Crippen MR) is 143 cm³/mol. The molecule has 7 heteroatoms. The first kappa shape index (κ1) is 27.8. The smallest absolute Gasteiger partial charge is 0.278 e. The first-order valence-corrected chi connectivity index (χ1v) is 12.4. The number of allylic oxidation sites excluding steroid dienone is 8. The Labute approximate surface area is 210 Å². The molecule has 2 rings (SSSR count). The van der Waals surface area contributed by atoms with Gasteiger partial charge >= 0.3 is 10.9 Å². The van der Waals surface area contributed by atoms with Gasteiger partial charge in [-0.1, -0.05) is 51.6 Å². The number of halogens is 1. The number of fused-ring (bicyclic) bond motifs is 1. The minimum Gasteiger partial charge on any atom is -0.278 e. The van der Waals surface area contributed by atoms with Crippen LogP contribution < -0.4 is 10.0 Å². The highest BCUT2D eigenvalue weighted by Crippen LogP contribution is 2.21. The van der Waals surface area contributed by atoms with Crippen LogP contribution in [-0.4, -0.2) is 21.6 Å². The van der Waals surface area contributed by atoms with Crippen molar-refractivity contribution in [3.05, 3.63) is 58.2 Å². The van der Waals surface area contributed by atoms with Crippen molar-refractivity contribution in [3.8, 4) is 0 Å². The Morgan fingerprint density at radius 3 is 2.06 bits per heavy atom. The van der Waals surface area contributed by atoms with Crippen LogP contribution in [0.3, 0.4) is 0 Å². The zero-order valence-corrected chi connectivity index (χ0v) is 22.7. The molecule has 0 radical (unpaired) electrons. The summed E-state index contributed by atoms with van der Waals surface area (Å²) in [5.74, 6) is 0.559. The van der Waals surface area contributed by atoms with Gasteiger partial charge in [0.05, 0.1) is 20.7 Å². The van der Waals surface area contributed by atoms with E-state index < -0.39 is 0 Å². The number of aromatic nitrogens is 4. The molecule has 2 aromatic heterocycles. The van der Waals surface area contributed by atoms with Gasteiger partial charge in [-0.15, -0.1) is 0 Å². The number of nitrogens with one attached hydrogen (secondary N) is 1. The van der Waals surface area contributed by atoms with E-state index in [2.05, 4.69) is 78.9 Å². The van der Waals surface area contributed by atoms with Crippen LogP contribution in [0.15, 0.2) is 52.9 Å². The molecule has 186 valence electrons. The fourth-order valence-electron chi connectivity index (χ4n) is 3.80. The molecule has 0 amide bonds. The Morgan fingerprint density at radius 1 is 0.941 bits per heavy atom. The molecule has 0 aromatic carbocycles. The third-order valence-electron chi connectivity index (χ3n) is 5.76. The van der Waals surface area contributed by atoms with Crippen LogP contribution in [0.2, 0.25) is 5.28 Å².